The molecule has 5 aromatic rings. The van der Waals surface area contributed by atoms with Crippen LogP contribution in [0.3, 0.4) is 0 Å². The summed E-state index contributed by atoms with van der Waals surface area (Å²) in [7, 11) is 0. The Morgan fingerprint density at radius 2 is 1.66 bits per heavy atom. The van der Waals surface area contributed by atoms with Gasteiger partial charge in [-0.2, -0.15) is 23.3 Å². The first-order valence-electron chi connectivity index (χ1n) is 10.2. The highest BCUT2D eigenvalue weighted by atomic mass is 19.4. The van der Waals surface area contributed by atoms with Gasteiger partial charge in [0.05, 0.1) is 17.9 Å². The van der Waals surface area contributed by atoms with Gasteiger partial charge in [-0.15, -0.1) is 0 Å². The largest absolute Gasteiger partial charge is 0.416 e. The van der Waals surface area contributed by atoms with Crippen molar-refractivity contribution in [3.05, 3.63) is 94.1 Å². The molecular formula is C23H15F4N5O3. The maximum atomic E-state index is 13.3. The zero-order valence-electron chi connectivity index (χ0n) is 17.7. The van der Waals surface area contributed by atoms with Gasteiger partial charge in [-0.1, -0.05) is 17.3 Å². The Morgan fingerprint density at radius 1 is 0.971 bits per heavy atom. The molecule has 178 valence electrons. The number of hydrogen-bond donors (Lipinski definition) is 1. The number of fused-ring (bicyclic) bond motifs is 1. The summed E-state index contributed by atoms with van der Waals surface area (Å²) < 4.78 is 59.4. The van der Waals surface area contributed by atoms with Gasteiger partial charge < -0.3 is 14.2 Å². The number of alkyl halides is 3. The number of aliphatic hydroxyl groups is 1. The molecule has 3 heterocycles. The molecule has 0 fully saturated rings. The molecule has 0 aliphatic rings. The molecule has 35 heavy (non-hydrogen) atoms. The maximum Gasteiger partial charge on any atom is 0.416 e. The minimum Gasteiger partial charge on any atom is -0.392 e. The molecule has 0 atom stereocenters. The molecule has 0 bridgehead atoms. The fourth-order valence-electron chi connectivity index (χ4n) is 3.66. The van der Waals surface area contributed by atoms with Gasteiger partial charge in [-0.3, -0.25) is 4.79 Å². The summed E-state index contributed by atoms with van der Waals surface area (Å²) in [6.07, 6.45) is -1.51. The molecule has 0 aliphatic heterocycles. The quantitative estimate of drug-likeness (QED) is 0.379. The van der Waals surface area contributed by atoms with Crippen LogP contribution in [0.4, 0.5) is 17.6 Å². The molecule has 2 aromatic carbocycles. The van der Waals surface area contributed by atoms with E-state index in [1.54, 1.807) is 0 Å². The van der Waals surface area contributed by atoms with E-state index >= 15 is 0 Å². The molecule has 0 spiro atoms. The Balaban J connectivity index is 1.46. The zero-order valence-corrected chi connectivity index (χ0v) is 17.7. The van der Waals surface area contributed by atoms with Crippen LogP contribution in [0.1, 0.15) is 17.0 Å². The van der Waals surface area contributed by atoms with Crippen LogP contribution >= 0.6 is 0 Å². The van der Waals surface area contributed by atoms with Crippen molar-refractivity contribution in [2.75, 3.05) is 0 Å². The SMILES string of the molecule is O=c1c2c(CO)c(-c3ccc(F)cc3)nn2ccn1Cc1nc(-c2ccc(C(F)(F)F)cc2)no1. The standard InChI is InChI=1S/C23H15F4N5O3/c24-16-7-3-13(4-8-16)19-17(12-33)20-22(34)31(9-10-32(20)29-19)11-18-28-21(30-35-18)14-1-5-15(6-2-14)23(25,26)27/h1-10,33H,11-12H2. The lowest BCUT2D eigenvalue weighted by molar-refractivity contribution is -0.137. The van der Waals surface area contributed by atoms with Crippen LogP contribution in [0, 0.1) is 5.82 Å². The van der Waals surface area contributed by atoms with Crippen LogP contribution < -0.4 is 5.56 Å². The Labute approximate surface area is 193 Å². The number of nitrogens with zero attached hydrogens (tertiary/aromatic N) is 5. The summed E-state index contributed by atoms with van der Waals surface area (Å²) in [5, 5.41) is 18.1. The first kappa shape index (κ1) is 22.5. The van der Waals surface area contributed by atoms with E-state index in [-0.39, 0.29) is 29.3 Å². The van der Waals surface area contributed by atoms with E-state index in [0.29, 0.717) is 16.8 Å². The lowest BCUT2D eigenvalue weighted by Gasteiger charge is -2.05. The molecule has 0 amide bonds. The summed E-state index contributed by atoms with van der Waals surface area (Å²) in [5.41, 5.74) is 0.284. The van der Waals surface area contributed by atoms with Crippen LogP contribution in [0.25, 0.3) is 28.2 Å². The van der Waals surface area contributed by atoms with Crippen LogP contribution in [0.15, 0.2) is 70.2 Å². The van der Waals surface area contributed by atoms with Crippen molar-refractivity contribution in [2.24, 2.45) is 0 Å². The molecule has 0 radical (unpaired) electrons. The second-order valence-corrected chi connectivity index (χ2v) is 7.60. The molecule has 12 heteroatoms. The highest BCUT2D eigenvalue weighted by molar-refractivity contribution is 5.72. The van der Waals surface area contributed by atoms with E-state index in [1.165, 1.54) is 57.9 Å². The number of hydrogen-bond acceptors (Lipinski definition) is 6. The highest BCUT2D eigenvalue weighted by Gasteiger charge is 2.30. The lowest BCUT2D eigenvalue weighted by atomic mass is 10.1. The van der Waals surface area contributed by atoms with Crippen molar-refractivity contribution in [3.8, 4) is 22.6 Å². The minimum atomic E-state index is -4.46. The van der Waals surface area contributed by atoms with E-state index in [2.05, 4.69) is 15.2 Å². The average molecular weight is 485 g/mol. The number of halogens is 4. The summed E-state index contributed by atoms with van der Waals surface area (Å²) in [6, 6.07) is 9.78. The normalized spacial score (nSPS) is 11.9. The number of aromatic nitrogens is 5. The van der Waals surface area contributed by atoms with Crippen LogP contribution in [-0.2, 0) is 19.3 Å². The van der Waals surface area contributed by atoms with Crippen molar-refractivity contribution in [2.45, 2.75) is 19.3 Å². The van der Waals surface area contributed by atoms with Gasteiger partial charge in [0.2, 0.25) is 11.7 Å². The van der Waals surface area contributed by atoms with Crippen molar-refractivity contribution in [3.63, 3.8) is 0 Å². The van der Waals surface area contributed by atoms with E-state index in [9.17, 15) is 27.5 Å². The van der Waals surface area contributed by atoms with Gasteiger partial charge in [0.15, 0.2) is 0 Å². The average Bonchev–Trinajstić information content (AvgIpc) is 3.46. The second-order valence-electron chi connectivity index (χ2n) is 7.60. The van der Waals surface area contributed by atoms with E-state index in [4.69, 9.17) is 4.52 Å². The zero-order chi connectivity index (χ0) is 24.7. The third-order valence-electron chi connectivity index (χ3n) is 5.38. The Hall–Kier alpha value is -4.32. The predicted molar refractivity (Wildman–Crippen MR) is 115 cm³/mol. The van der Waals surface area contributed by atoms with Crippen molar-refractivity contribution >= 4 is 5.52 Å². The van der Waals surface area contributed by atoms with Crippen molar-refractivity contribution in [1.82, 2.24) is 24.3 Å². The van der Waals surface area contributed by atoms with Gasteiger partial charge in [0.25, 0.3) is 5.56 Å². The van der Waals surface area contributed by atoms with Gasteiger partial charge in [-0.25, -0.2) is 8.91 Å². The van der Waals surface area contributed by atoms with Crippen LogP contribution in [0.5, 0.6) is 0 Å². The van der Waals surface area contributed by atoms with E-state index < -0.39 is 29.7 Å². The van der Waals surface area contributed by atoms with Crippen LogP contribution in [-0.4, -0.2) is 29.4 Å². The fourth-order valence-corrected chi connectivity index (χ4v) is 3.66. The Bertz CT molecular complexity index is 1570. The number of rotatable bonds is 5. The molecule has 0 aliphatic carbocycles. The van der Waals surface area contributed by atoms with Gasteiger partial charge in [-0.05, 0) is 36.4 Å². The molecule has 0 saturated carbocycles. The first-order chi connectivity index (χ1) is 16.7. The number of benzene rings is 2. The number of aliphatic hydroxyl groups excluding tert-OH is 1. The lowest BCUT2D eigenvalue weighted by Crippen LogP contribution is -2.22. The summed E-state index contributed by atoms with van der Waals surface area (Å²) in [4.78, 5) is 17.3. The topological polar surface area (TPSA) is 98.4 Å². The first-order valence-corrected chi connectivity index (χ1v) is 10.2. The third-order valence-corrected chi connectivity index (χ3v) is 5.38. The Kier molecular flexibility index (Phi) is 5.44. The molecular weight excluding hydrogens is 470 g/mol. The molecule has 8 nitrogen and oxygen atoms in total. The van der Waals surface area contributed by atoms with Crippen molar-refractivity contribution in [1.29, 1.82) is 0 Å². The van der Waals surface area contributed by atoms with E-state index in [1.807, 2.05) is 0 Å². The summed E-state index contributed by atoms with van der Waals surface area (Å²) in [5.74, 6) is -0.308. The van der Waals surface area contributed by atoms with Crippen molar-refractivity contribution < 1.29 is 27.2 Å². The van der Waals surface area contributed by atoms with Gasteiger partial charge >= 0.3 is 6.18 Å². The summed E-state index contributed by atoms with van der Waals surface area (Å²) >= 11 is 0. The minimum absolute atomic E-state index is 0.0511. The molecule has 5 rings (SSSR count). The third kappa shape index (κ3) is 4.19. The second kappa shape index (κ2) is 8.47. The monoisotopic (exact) mass is 485 g/mol. The predicted octanol–water partition coefficient (Wildman–Crippen LogP) is 3.91. The van der Waals surface area contributed by atoms with Gasteiger partial charge in [0, 0.05) is 29.1 Å². The molecule has 1 N–H and O–H groups in total. The highest BCUT2D eigenvalue weighted by Crippen LogP contribution is 2.30. The Morgan fingerprint density at radius 3 is 2.31 bits per heavy atom. The van der Waals surface area contributed by atoms with Crippen LogP contribution in [0.2, 0.25) is 0 Å². The summed E-state index contributed by atoms with van der Waals surface area (Å²) in [6.45, 7) is -0.598. The van der Waals surface area contributed by atoms with E-state index in [0.717, 1.165) is 12.1 Å². The molecule has 0 unspecified atom stereocenters. The van der Waals surface area contributed by atoms with Gasteiger partial charge in [0.1, 0.15) is 17.9 Å². The fraction of sp³-hybridized carbons (Fsp3) is 0.130. The smallest absolute Gasteiger partial charge is 0.392 e. The maximum absolute atomic E-state index is 13.3. The molecule has 0 saturated heterocycles. The molecule has 3 aromatic heterocycles.